The number of nitrogens with zero attached hydrogens (tertiary/aromatic N) is 1. The Labute approximate surface area is 137 Å². The van der Waals surface area contributed by atoms with Crippen molar-refractivity contribution in [1.29, 1.82) is 0 Å². The van der Waals surface area contributed by atoms with Crippen molar-refractivity contribution in [1.82, 2.24) is 10.2 Å². The van der Waals surface area contributed by atoms with Gasteiger partial charge in [0, 0.05) is 12.5 Å². The fraction of sp³-hybridized carbons (Fsp3) is 0.611. The first kappa shape index (κ1) is 16.1. The zero-order valence-corrected chi connectivity index (χ0v) is 14.0. The fourth-order valence-electron chi connectivity index (χ4n) is 3.74. The van der Waals surface area contributed by atoms with E-state index in [4.69, 9.17) is 9.47 Å². The molecular weight excluding hydrogens is 292 g/mol. The highest BCUT2D eigenvalue weighted by molar-refractivity contribution is 5.79. The quantitative estimate of drug-likeness (QED) is 0.926. The van der Waals surface area contributed by atoms with Gasteiger partial charge >= 0.3 is 0 Å². The minimum Gasteiger partial charge on any atom is -0.493 e. The van der Waals surface area contributed by atoms with E-state index in [9.17, 15) is 4.79 Å². The molecule has 1 atom stereocenters. The standard InChI is InChI=1S/C18H26N2O3/c1-22-16-6-5-14(12-17(16)23-2)15-4-3-11-20(15)18(21)13-7-9-19-10-8-13/h5-6,12-13,15,19H,3-4,7-11H2,1-2H3. The van der Waals surface area contributed by atoms with Crippen molar-refractivity contribution in [2.24, 2.45) is 5.92 Å². The van der Waals surface area contributed by atoms with Gasteiger partial charge in [-0.05, 0) is 56.5 Å². The Morgan fingerprint density at radius 3 is 2.57 bits per heavy atom. The van der Waals surface area contributed by atoms with Crippen LogP contribution in [-0.4, -0.2) is 44.7 Å². The van der Waals surface area contributed by atoms with E-state index in [0.717, 1.165) is 62.4 Å². The predicted octanol–water partition coefficient (Wildman–Crippen LogP) is 2.37. The highest BCUT2D eigenvalue weighted by Gasteiger charge is 2.34. The molecule has 5 heteroatoms. The third kappa shape index (κ3) is 3.29. The molecule has 3 rings (SSSR count). The van der Waals surface area contributed by atoms with Crippen LogP contribution in [0.4, 0.5) is 0 Å². The van der Waals surface area contributed by atoms with Gasteiger partial charge in [-0.3, -0.25) is 4.79 Å². The van der Waals surface area contributed by atoms with Crippen molar-refractivity contribution in [2.75, 3.05) is 33.9 Å². The van der Waals surface area contributed by atoms with E-state index >= 15 is 0 Å². The van der Waals surface area contributed by atoms with Crippen LogP contribution in [0.15, 0.2) is 18.2 Å². The molecule has 2 heterocycles. The molecule has 1 amide bonds. The summed E-state index contributed by atoms with van der Waals surface area (Å²) in [4.78, 5) is 15.0. The van der Waals surface area contributed by atoms with Crippen LogP contribution < -0.4 is 14.8 Å². The fourth-order valence-corrected chi connectivity index (χ4v) is 3.74. The zero-order valence-electron chi connectivity index (χ0n) is 14.0. The van der Waals surface area contributed by atoms with Crippen LogP contribution in [0.5, 0.6) is 11.5 Å². The van der Waals surface area contributed by atoms with E-state index in [0.29, 0.717) is 5.91 Å². The van der Waals surface area contributed by atoms with Gasteiger partial charge in [0.2, 0.25) is 5.91 Å². The lowest BCUT2D eigenvalue weighted by molar-refractivity contribution is -0.137. The lowest BCUT2D eigenvalue weighted by atomic mass is 9.95. The maximum Gasteiger partial charge on any atom is 0.226 e. The van der Waals surface area contributed by atoms with Crippen LogP contribution in [0.1, 0.15) is 37.3 Å². The maximum absolute atomic E-state index is 12.9. The topological polar surface area (TPSA) is 50.8 Å². The molecule has 2 saturated heterocycles. The highest BCUT2D eigenvalue weighted by Crippen LogP contribution is 2.38. The van der Waals surface area contributed by atoms with E-state index < -0.39 is 0 Å². The first-order valence-electron chi connectivity index (χ1n) is 8.47. The third-order valence-electron chi connectivity index (χ3n) is 5.02. The number of hydrogen-bond donors (Lipinski definition) is 1. The molecule has 0 bridgehead atoms. The summed E-state index contributed by atoms with van der Waals surface area (Å²) < 4.78 is 10.7. The molecule has 2 aliphatic heterocycles. The van der Waals surface area contributed by atoms with Gasteiger partial charge in [-0.1, -0.05) is 6.07 Å². The van der Waals surface area contributed by atoms with Gasteiger partial charge < -0.3 is 19.7 Å². The number of ether oxygens (including phenoxy) is 2. The summed E-state index contributed by atoms with van der Waals surface area (Å²) >= 11 is 0. The van der Waals surface area contributed by atoms with Crippen molar-refractivity contribution in [3.63, 3.8) is 0 Å². The number of carbonyl (C=O) groups excluding carboxylic acids is 1. The first-order chi connectivity index (χ1) is 11.2. The van der Waals surface area contributed by atoms with E-state index in [1.807, 2.05) is 12.1 Å². The lowest BCUT2D eigenvalue weighted by Crippen LogP contribution is -2.40. The van der Waals surface area contributed by atoms with Crippen LogP contribution in [0.2, 0.25) is 0 Å². The second-order valence-corrected chi connectivity index (χ2v) is 6.33. The van der Waals surface area contributed by atoms with Gasteiger partial charge in [0.25, 0.3) is 0 Å². The van der Waals surface area contributed by atoms with Gasteiger partial charge in [-0.15, -0.1) is 0 Å². The van der Waals surface area contributed by atoms with Crippen LogP contribution in [0.3, 0.4) is 0 Å². The molecule has 5 nitrogen and oxygen atoms in total. The smallest absolute Gasteiger partial charge is 0.226 e. The van der Waals surface area contributed by atoms with E-state index in [1.165, 1.54) is 0 Å². The molecule has 0 radical (unpaired) electrons. The summed E-state index contributed by atoms with van der Waals surface area (Å²) in [6.45, 7) is 2.76. The van der Waals surface area contributed by atoms with Crippen LogP contribution in [-0.2, 0) is 4.79 Å². The maximum atomic E-state index is 12.9. The molecule has 1 N–H and O–H groups in total. The molecule has 1 unspecified atom stereocenters. The average molecular weight is 318 g/mol. The summed E-state index contributed by atoms with van der Waals surface area (Å²) in [5.41, 5.74) is 1.14. The minimum absolute atomic E-state index is 0.164. The molecule has 2 aliphatic rings. The van der Waals surface area contributed by atoms with E-state index in [2.05, 4.69) is 16.3 Å². The van der Waals surface area contributed by atoms with Gasteiger partial charge in [0.1, 0.15) is 0 Å². The Morgan fingerprint density at radius 2 is 1.87 bits per heavy atom. The van der Waals surface area contributed by atoms with Crippen molar-refractivity contribution >= 4 is 5.91 Å². The molecule has 2 fully saturated rings. The van der Waals surface area contributed by atoms with Crippen molar-refractivity contribution in [2.45, 2.75) is 31.7 Å². The second-order valence-electron chi connectivity index (χ2n) is 6.33. The molecular formula is C18H26N2O3. The van der Waals surface area contributed by atoms with Gasteiger partial charge in [0.05, 0.1) is 20.3 Å². The Hall–Kier alpha value is -1.75. The van der Waals surface area contributed by atoms with E-state index in [1.54, 1.807) is 14.2 Å². The number of hydrogen-bond acceptors (Lipinski definition) is 4. The predicted molar refractivity (Wildman–Crippen MR) is 88.8 cm³/mol. The lowest BCUT2D eigenvalue weighted by Gasteiger charge is -2.31. The Morgan fingerprint density at radius 1 is 1.13 bits per heavy atom. The number of benzene rings is 1. The third-order valence-corrected chi connectivity index (χ3v) is 5.02. The second kappa shape index (κ2) is 7.21. The van der Waals surface area contributed by atoms with Crippen molar-refractivity contribution < 1.29 is 14.3 Å². The summed E-state index contributed by atoms with van der Waals surface area (Å²) in [7, 11) is 3.29. The van der Waals surface area contributed by atoms with Gasteiger partial charge in [-0.2, -0.15) is 0 Å². The van der Waals surface area contributed by atoms with Crippen molar-refractivity contribution in [3.05, 3.63) is 23.8 Å². The highest BCUT2D eigenvalue weighted by atomic mass is 16.5. The number of likely N-dealkylation sites (tertiary alicyclic amines) is 1. The molecule has 0 aromatic heterocycles. The molecule has 0 aliphatic carbocycles. The molecule has 0 spiro atoms. The summed E-state index contributed by atoms with van der Waals surface area (Å²) in [5.74, 6) is 1.96. The summed E-state index contributed by atoms with van der Waals surface area (Å²) in [6, 6.07) is 6.16. The average Bonchev–Trinajstić information content (AvgIpc) is 3.10. The first-order valence-corrected chi connectivity index (χ1v) is 8.47. The number of amides is 1. The number of methoxy groups -OCH3 is 2. The zero-order chi connectivity index (χ0) is 16.2. The number of carbonyl (C=O) groups is 1. The van der Waals surface area contributed by atoms with Crippen molar-refractivity contribution in [3.8, 4) is 11.5 Å². The van der Waals surface area contributed by atoms with E-state index in [-0.39, 0.29) is 12.0 Å². The Bertz CT molecular complexity index is 555. The molecule has 1 aromatic carbocycles. The summed E-state index contributed by atoms with van der Waals surface area (Å²) in [5, 5.41) is 3.33. The molecule has 0 saturated carbocycles. The Kier molecular flexibility index (Phi) is 5.06. The SMILES string of the molecule is COc1ccc(C2CCCN2C(=O)C2CCNCC2)cc1OC. The summed E-state index contributed by atoms with van der Waals surface area (Å²) in [6.07, 6.45) is 3.99. The molecule has 126 valence electrons. The monoisotopic (exact) mass is 318 g/mol. The van der Waals surface area contributed by atoms with Crippen LogP contribution in [0, 0.1) is 5.92 Å². The minimum atomic E-state index is 0.164. The van der Waals surface area contributed by atoms with Crippen LogP contribution >= 0.6 is 0 Å². The van der Waals surface area contributed by atoms with Gasteiger partial charge in [0.15, 0.2) is 11.5 Å². The largest absolute Gasteiger partial charge is 0.493 e. The van der Waals surface area contributed by atoms with Crippen LogP contribution in [0.25, 0.3) is 0 Å². The number of nitrogens with one attached hydrogen (secondary N) is 1. The normalized spacial score (nSPS) is 22.2. The molecule has 1 aromatic rings. The number of rotatable bonds is 4. The Balaban J connectivity index is 1.79. The number of piperidine rings is 1. The van der Waals surface area contributed by atoms with Gasteiger partial charge in [-0.25, -0.2) is 0 Å². The molecule has 23 heavy (non-hydrogen) atoms.